The predicted molar refractivity (Wildman–Crippen MR) is 71.7 cm³/mol. The largest absolute Gasteiger partial charge is 0.438 e. The molecule has 4 nitrogen and oxygen atoms in total. The first kappa shape index (κ1) is 12.6. The number of amides is 1. The third-order valence-electron chi connectivity index (χ3n) is 2.29. The number of hydrogen-bond donors (Lipinski definition) is 1. The van der Waals surface area contributed by atoms with Gasteiger partial charge in [-0.2, -0.15) is 0 Å². The summed E-state index contributed by atoms with van der Waals surface area (Å²) in [5, 5.41) is 0. The van der Waals surface area contributed by atoms with Crippen LogP contribution in [0.5, 0.6) is 11.6 Å². The van der Waals surface area contributed by atoms with Gasteiger partial charge in [-0.15, -0.1) is 0 Å². The minimum absolute atomic E-state index is 0.227. The lowest BCUT2D eigenvalue weighted by Gasteiger charge is -2.08. The van der Waals surface area contributed by atoms with Crippen LogP contribution in [0.4, 0.5) is 0 Å². The summed E-state index contributed by atoms with van der Waals surface area (Å²) >= 11 is 3.33. The van der Waals surface area contributed by atoms with Gasteiger partial charge in [-0.25, -0.2) is 4.98 Å². The Bertz CT molecular complexity index is 582. The van der Waals surface area contributed by atoms with Crippen molar-refractivity contribution in [2.75, 3.05) is 0 Å². The summed E-state index contributed by atoms with van der Waals surface area (Å²) in [6.07, 6.45) is 0. The lowest BCUT2D eigenvalue weighted by Crippen LogP contribution is -2.13. The third kappa shape index (κ3) is 2.87. The highest BCUT2D eigenvalue weighted by Gasteiger charge is 2.12. The van der Waals surface area contributed by atoms with E-state index in [1.54, 1.807) is 24.3 Å². The van der Waals surface area contributed by atoms with E-state index in [0.717, 1.165) is 10.2 Å². The maximum absolute atomic E-state index is 11.3. The SMILES string of the molecule is Cc1ccc(C(N)=O)c(Oc2ccc(Br)cc2)n1. The molecule has 0 saturated carbocycles. The number of nitrogens with zero attached hydrogens (tertiary/aromatic N) is 1. The number of ether oxygens (including phenoxy) is 1. The fraction of sp³-hybridized carbons (Fsp3) is 0.0769. The molecule has 0 aliphatic rings. The van der Waals surface area contributed by atoms with Crippen molar-refractivity contribution in [2.24, 2.45) is 5.73 Å². The van der Waals surface area contributed by atoms with Crippen molar-refractivity contribution in [1.29, 1.82) is 0 Å². The third-order valence-corrected chi connectivity index (χ3v) is 2.82. The molecule has 2 aromatic rings. The summed E-state index contributed by atoms with van der Waals surface area (Å²) < 4.78 is 6.52. The van der Waals surface area contributed by atoms with Gasteiger partial charge in [-0.1, -0.05) is 15.9 Å². The molecule has 1 amide bonds. The average molecular weight is 307 g/mol. The Morgan fingerprint density at radius 3 is 2.50 bits per heavy atom. The van der Waals surface area contributed by atoms with Gasteiger partial charge in [0.15, 0.2) is 0 Å². The topological polar surface area (TPSA) is 65.2 Å². The van der Waals surface area contributed by atoms with E-state index >= 15 is 0 Å². The first-order chi connectivity index (χ1) is 8.56. The van der Waals surface area contributed by atoms with Crippen LogP contribution in [-0.2, 0) is 0 Å². The monoisotopic (exact) mass is 306 g/mol. The zero-order chi connectivity index (χ0) is 13.1. The van der Waals surface area contributed by atoms with E-state index in [0.29, 0.717) is 5.75 Å². The summed E-state index contributed by atoms with van der Waals surface area (Å²) in [6, 6.07) is 10.6. The first-order valence-electron chi connectivity index (χ1n) is 5.27. The van der Waals surface area contributed by atoms with Crippen molar-refractivity contribution >= 4 is 21.8 Å². The van der Waals surface area contributed by atoms with E-state index in [1.807, 2.05) is 19.1 Å². The quantitative estimate of drug-likeness (QED) is 0.948. The number of pyridine rings is 1. The summed E-state index contributed by atoms with van der Waals surface area (Å²) in [4.78, 5) is 15.4. The van der Waals surface area contributed by atoms with Crippen LogP contribution in [0.1, 0.15) is 16.1 Å². The average Bonchev–Trinajstić information content (AvgIpc) is 2.32. The van der Waals surface area contributed by atoms with Gasteiger partial charge in [-0.05, 0) is 43.3 Å². The number of carbonyl (C=O) groups is 1. The molecule has 0 fully saturated rings. The lowest BCUT2D eigenvalue weighted by atomic mass is 10.2. The van der Waals surface area contributed by atoms with Crippen LogP contribution in [-0.4, -0.2) is 10.9 Å². The van der Waals surface area contributed by atoms with Crippen molar-refractivity contribution < 1.29 is 9.53 Å². The number of hydrogen-bond acceptors (Lipinski definition) is 3. The van der Waals surface area contributed by atoms with Crippen molar-refractivity contribution in [2.45, 2.75) is 6.92 Å². The van der Waals surface area contributed by atoms with E-state index in [-0.39, 0.29) is 11.4 Å². The molecule has 0 unspecified atom stereocenters. The summed E-state index contributed by atoms with van der Waals surface area (Å²) in [5.74, 6) is 0.262. The highest BCUT2D eigenvalue weighted by molar-refractivity contribution is 9.10. The number of rotatable bonds is 3. The predicted octanol–water partition coefficient (Wildman–Crippen LogP) is 3.04. The van der Waals surface area contributed by atoms with Crippen LogP contribution in [0.25, 0.3) is 0 Å². The van der Waals surface area contributed by atoms with Gasteiger partial charge in [0.05, 0.1) is 0 Å². The Kier molecular flexibility index (Phi) is 3.62. The smallest absolute Gasteiger partial charge is 0.254 e. The number of benzene rings is 1. The number of carbonyl (C=O) groups excluding carboxylic acids is 1. The summed E-state index contributed by atoms with van der Waals surface area (Å²) in [5.41, 5.74) is 6.30. The Hall–Kier alpha value is -1.88. The first-order valence-corrected chi connectivity index (χ1v) is 6.06. The Morgan fingerprint density at radius 1 is 1.22 bits per heavy atom. The van der Waals surface area contributed by atoms with Crippen LogP contribution in [0, 0.1) is 6.92 Å². The van der Waals surface area contributed by atoms with Crippen molar-refractivity contribution in [3.63, 3.8) is 0 Å². The lowest BCUT2D eigenvalue weighted by molar-refractivity contribution is 0.0997. The number of halogens is 1. The minimum Gasteiger partial charge on any atom is -0.438 e. The van der Waals surface area contributed by atoms with E-state index in [9.17, 15) is 4.79 Å². The van der Waals surface area contributed by atoms with Crippen LogP contribution >= 0.6 is 15.9 Å². The molecule has 0 aliphatic carbocycles. The Morgan fingerprint density at radius 2 is 1.89 bits per heavy atom. The number of nitrogens with two attached hydrogens (primary N) is 1. The van der Waals surface area contributed by atoms with Crippen LogP contribution in [0.3, 0.4) is 0 Å². The highest BCUT2D eigenvalue weighted by Crippen LogP contribution is 2.24. The molecular weight excluding hydrogens is 296 g/mol. The molecule has 0 bridgehead atoms. The summed E-state index contributed by atoms with van der Waals surface area (Å²) in [6.45, 7) is 1.82. The standard InChI is InChI=1S/C13H11BrN2O2/c1-8-2-7-11(12(15)17)13(16-8)18-10-5-3-9(14)4-6-10/h2-7H,1H3,(H2,15,17). The second-order valence-electron chi connectivity index (χ2n) is 3.73. The molecule has 2 N–H and O–H groups in total. The van der Waals surface area contributed by atoms with E-state index < -0.39 is 5.91 Å². The maximum Gasteiger partial charge on any atom is 0.254 e. The molecule has 5 heteroatoms. The molecule has 0 radical (unpaired) electrons. The van der Waals surface area contributed by atoms with Gasteiger partial charge in [0.2, 0.25) is 5.88 Å². The van der Waals surface area contributed by atoms with Gasteiger partial charge in [-0.3, -0.25) is 4.79 Å². The second kappa shape index (κ2) is 5.18. The van der Waals surface area contributed by atoms with Crippen molar-refractivity contribution in [1.82, 2.24) is 4.98 Å². The molecule has 18 heavy (non-hydrogen) atoms. The molecule has 92 valence electrons. The van der Waals surface area contributed by atoms with Gasteiger partial charge >= 0.3 is 0 Å². The normalized spacial score (nSPS) is 10.1. The second-order valence-corrected chi connectivity index (χ2v) is 4.64. The molecule has 1 aromatic carbocycles. The molecule has 1 aromatic heterocycles. The van der Waals surface area contributed by atoms with Crippen LogP contribution in [0.2, 0.25) is 0 Å². The van der Waals surface area contributed by atoms with Gasteiger partial charge in [0, 0.05) is 10.2 Å². The van der Waals surface area contributed by atoms with Gasteiger partial charge in [0.25, 0.3) is 5.91 Å². The highest BCUT2D eigenvalue weighted by atomic mass is 79.9. The molecule has 0 aliphatic heterocycles. The molecule has 0 spiro atoms. The zero-order valence-corrected chi connectivity index (χ0v) is 11.3. The molecule has 2 rings (SSSR count). The zero-order valence-electron chi connectivity index (χ0n) is 9.68. The van der Waals surface area contributed by atoms with Crippen LogP contribution in [0.15, 0.2) is 40.9 Å². The summed E-state index contributed by atoms with van der Waals surface area (Å²) in [7, 11) is 0. The number of primary amides is 1. The Labute approximate surface area is 113 Å². The Balaban J connectivity index is 2.35. The molecular formula is C13H11BrN2O2. The van der Waals surface area contributed by atoms with E-state index in [2.05, 4.69) is 20.9 Å². The van der Waals surface area contributed by atoms with E-state index in [1.165, 1.54) is 0 Å². The number of aryl methyl sites for hydroxylation is 1. The number of aromatic nitrogens is 1. The van der Waals surface area contributed by atoms with Crippen LogP contribution < -0.4 is 10.5 Å². The van der Waals surface area contributed by atoms with Gasteiger partial charge in [0.1, 0.15) is 11.3 Å². The molecule has 0 saturated heterocycles. The molecule has 0 atom stereocenters. The van der Waals surface area contributed by atoms with Crippen molar-refractivity contribution in [3.05, 3.63) is 52.1 Å². The molecule has 1 heterocycles. The maximum atomic E-state index is 11.3. The van der Waals surface area contributed by atoms with Crippen molar-refractivity contribution in [3.8, 4) is 11.6 Å². The van der Waals surface area contributed by atoms with Gasteiger partial charge < -0.3 is 10.5 Å². The fourth-order valence-electron chi connectivity index (χ4n) is 1.41. The fourth-order valence-corrected chi connectivity index (χ4v) is 1.68. The van der Waals surface area contributed by atoms with E-state index in [4.69, 9.17) is 10.5 Å². The minimum atomic E-state index is -0.561.